The summed E-state index contributed by atoms with van der Waals surface area (Å²) in [6.07, 6.45) is 4.00. The Balaban J connectivity index is 1.62. The van der Waals surface area contributed by atoms with Crippen molar-refractivity contribution in [3.63, 3.8) is 0 Å². The molecule has 0 bridgehead atoms. The Bertz CT molecular complexity index is 1160. The normalized spacial score (nSPS) is 22.5. The van der Waals surface area contributed by atoms with Gasteiger partial charge in [0.1, 0.15) is 11.4 Å². The molecule has 12 heteroatoms. The number of unbranched alkanes of at least 4 members (excludes halogenated alkanes) is 2. The number of imide groups is 2. The highest BCUT2D eigenvalue weighted by molar-refractivity contribution is 7.89. The molecule has 196 valence electrons. The van der Waals surface area contributed by atoms with Crippen LogP contribution in [0.5, 0.6) is 0 Å². The van der Waals surface area contributed by atoms with Crippen LogP contribution in [-0.2, 0) is 19.6 Å². The zero-order valence-corrected chi connectivity index (χ0v) is 21.2. The molecule has 4 rings (SSSR count). The summed E-state index contributed by atoms with van der Waals surface area (Å²) in [5.74, 6) is -2.46. The standard InChI is InChI=1S/C24H33N5O6S/c1-2-3-4-8-20(36(34,35)28-13-11-15(25)12-14-28)26-17-7-5-6-16-21(17)24(33)29(23(16)32)18-9-10-19(30)27-22(18)31/h5-7,15,18,20,26H,2-4,8-14,25H2,1H3,(H,27,30,31). The molecule has 3 heterocycles. The van der Waals surface area contributed by atoms with Gasteiger partial charge in [-0.05, 0) is 37.8 Å². The van der Waals surface area contributed by atoms with Crippen LogP contribution in [0.2, 0.25) is 0 Å². The molecular weight excluding hydrogens is 486 g/mol. The summed E-state index contributed by atoms with van der Waals surface area (Å²) in [4.78, 5) is 51.3. The number of rotatable bonds is 9. The van der Waals surface area contributed by atoms with E-state index in [1.165, 1.54) is 10.4 Å². The summed E-state index contributed by atoms with van der Waals surface area (Å²) in [7, 11) is -3.77. The van der Waals surface area contributed by atoms with Gasteiger partial charge in [-0.25, -0.2) is 12.7 Å². The van der Waals surface area contributed by atoms with E-state index in [0.717, 1.165) is 17.7 Å². The molecule has 1 aromatic carbocycles. The lowest BCUT2D eigenvalue weighted by Gasteiger charge is -2.33. The average molecular weight is 520 g/mol. The largest absolute Gasteiger partial charge is 0.367 e. The molecule has 3 aliphatic heterocycles. The molecule has 1 aromatic rings. The second-order valence-corrected chi connectivity index (χ2v) is 11.7. The number of fused-ring (bicyclic) bond motifs is 1. The molecule has 0 saturated carbocycles. The number of carbonyl (C=O) groups is 4. The molecule has 2 fully saturated rings. The van der Waals surface area contributed by atoms with E-state index in [1.54, 1.807) is 12.1 Å². The van der Waals surface area contributed by atoms with Gasteiger partial charge < -0.3 is 11.1 Å². The number of nitrogens with one attached hydrogen (secondary N) is 2. The van der Waals surface area contributed by atoms with Gasteiger partial charge in [0.25, 0.3) is 11.8 Å². The first-order chi connectivity index (χ1) is 17.1. The Labute approximate surface area is 210 Å². The summed E-state index contributed by atoms with van der Waals surface area (Å²) < 4.78 is 28.6. The Morgan fingerprint density at radius 2 is 1.81 bits per heavy atom. The predicted octanol–water partition coefficient (Wildman–Crippen LogP) is 1.16. The number of anilines is 1. The van der Waals surface area contributed by atoms with E-state index in [9.17, 15) is 27.6 Å². The summed E-state index contributed by atoms with van der Waals surface area (Å²) in [5, 5.41) is 4.25. The van der Waals surface area contributed by atoms with Gasteiger partial charge in [0.15, 0.2) is 0 Å². The fourth-order valence-electron chi connectivity index (χ4n) is 4.99. The number of nitrogens with two attached hydrogens (primary N) is 1. The van der Waals surface area contributed by atoms with E-state index >= 15 is 0 Å². The highest BCUT2D eigenvalue weighted by Gasteiger charge is 2.46. The molecule has 4 amide bonds. The monoisotopic (exact) mass is 519 g/mol. The maximum Gasteiger partial charge on any atom is 0.264 e. The average Bonchev–Trinajstić information content (AvgIpc) is 3.09. The number of hydrogen-bond acceptors (Lipinski definition) is 8. The minimum atomic E-state index is -3.77. The molecule has 0 radical (unpaired) electrons. The van der Waals surface area contributed by atoms with E-state index < -0.39 is 45.1 Å². The van der Waals surface area contributed by atoms with Crippen molar-refractivity contribution in [2.75, 3.05) is 18.4 Å². The quantitative estimate of drug-likeness (QED) is 0.324. The third-order valence-electron chi connectivity index (χ3n) is 7.07. The number of amides is 4. The molecule has 0 aliphatic carbocycles. The van der Waals surface area contributed by atoms with Crippen LogP contribution in [0, 0.1) is 0 Å². The van der Waals surface area contributed by atoms with Crippen LogP contribution >= 0.6 is 0 Å². The van der Waals surface area contributed by atoms with Crippen LogP contribution in [-0.4, -0.2) is 71.8 Å². The first-order valence-electron chi connectivity index (χ1n) is 12.5. The third kappa shape index (κ3) is 5.02. The first-order valence-corrected chi connectivity index (χ1v) is 14.0. The van der Waals surface area contributed by atoms with Crippen LogP contribution in [0.15, 0.2) is 18.2 Å². The SMILES string of the molecule is CCCCCC(Nc1cccc2c1C(=O)N(C1CCC(=O)NC1=O)C2=O)S(=O)(=O)N1CCC(N)CC1. The Morgan fingerprint density at radius 1 is 1.08 bits per heavy atom. The number of sulfonamides is 1. The number of hydrogen-bond donors (Lipinski definition) is 3. The van der Waals surface area contributed by atoms with E-state index in [2.05, 4.69) is 10.6 Å². The van der Waals surface area contributed by atoms with Crippen molar-refractivity contribution in [2.24, 2.45) is 5.73 Å². The molecule has 0 spiro atoms. The van der Waals surface area contributed by atoms with E-state index in [4.69, 9.17) is 5.73 Å². The van der Waals surface area contributed by atoms with Gasteiger partial charge in [0, 0.05) is 31.2 Å². The number of nitrogens with zero attached hydrogens (tertiary/aromatic N) is 2. The van der Waals surface area contributed by atoms with Gasteiger partial charge in [0.05, 0.1) is 11.1 Å². The van der Waals surface area contributed by atoms with Gasteiger partial charge in [-0.15, -0.1) is 0 Å². The van der Waals surface area contributed by atoms with E-state index in [-0.39, 0.29) is 35.7 Å². The van der Waals surface area contributed by atoms with Crippen molar-refractivity contribution in [3.05, 3.63) is 29.3 Å². The highest BCUT2D eigenvalue weighted by atomic mass is 32.2. The third-order valence-corrected chi connectivity index (χ3v) is 9.23. The fraction of sp³-hybridized carbons (Fsp3) is 0.583. The zero-order valence-electron chi connectivity index (χ0n) is 20.4. The summed E-state index contributed by atoms with van der Waals surface area (Å²) in [6.45, 7) is 2.70. The van der Waals surface area contributed by atoms with Crippen molar-refractivity contribution < 1.29 is 27.6 Å². The van der Waals surface area contributed by atoms with E-state index in [0.29, 0.717) is 38.8 Å². The number of benzene rings is 1. The lowest BCUT2D eigenvalue weighted by Crippen LogP contribution is -2.54. The minimum absolute atomic E-state index is 0.0200. The molecule has 2 atom stereocenters. The maximum absolute atomic E-state index is 13.6. The zero-order chi connectivity index (χ0) is 26.0. The summed E-state index contributed by atoms with van der Waals surface area (Å²) >= 11 is 0. The van der Waals surface area contributed by atoms with Gasteiger partial charge in [0.2, 0.25) is 21.8 Å². The van der Waals surface area contributed by atoms with Crippen molar-refractivity contribution in [1.82, 2.24) is 14.5 Å². The van der Waals surface area contributed by atoms with Crippen molar-refractivity contribution >= 4 is 39.3 Å². The topological polar surface area (TPSA) is 159 Å². The molecule has 4 N–H and O–H groups in total. The second-order valence-electron chi connectivity index (χ2n) is 9.59. The van der Waals surface area contributed by atoms with Crippen LogP contribution < -0.4 is 16.4 Å². The summed E-state index contributed by atoms with van der Waals surface area (Å²) in [6, 6.07) is 3.52. The molecule has 11 nitrogen and oxygen atoms in total. The summed E-state index contributed by atoms with van der Waals surface area (Å²) in [5.41, 5.74) is 6.34. The van der Waals surface area contributed by atoms with Gasteiger partial charge >= 0.3 is 0 Å². The van der Waals surface area contributed by atoms with Crippen molar-refractivity contribution in [3.8, 4) is 0 Å². The highest BCUT2D eigenvalue weighted by Crippen LogP contribution is 2.34. The van der Waals surface area contributed by atoms with Crippen LogP contribution in [0.3, 0.4) is 0 Å². The molecule has 0 aromatic heterocycles. The Morgan fingerprint density at radius 3 is 2.47 bits per heavy atom. The smallest absolute Gasteiger partial charge is 0.264 e. The second kappa shape index (κ2) is 10.7. The molecule has 2 unspecified atom stereocenters. The molecule has 3 aliphatic rings. The van der Waals surface area contributed by atoms with Gasteiger partial charge in [-0.3, -0.25) is 29.4 Å². The molecule has 2 saturated heterocycles. The number of carbonyl (C=O) groups excluding carboxylic acids is 4. The minimum Gasteiger partial charge on any atom is -0.367 e. The molecular formula is C24H33N5O6S. The van der Waals surface area contributed by atoms with Gasteiger partial charge in [-0.2, -0.15) is 0 Å². The van der Waals surface area contributed by atoms with E-state index in [1.807, 2.05) is 6.92 Å². The number of piperidine rings is 2. The van der Waals surface area contributed by atoms with Crippen LogP contribution in [0.1, 0.15) is 79.0 Å². The maximum atomic E-state index is 13.6. The lowest BCUT2D eigenvalue weighted by molar-refractivity contribution is -0.136. The van der Waals surface area contributed by atoms with Crippen LogP contribution in [0.25, 0.3) is 0 Å². The van der Waals surface area contributed by atoms with Crippen LogP contribution in [0.4, 0.5) is 5.69 Å². The van der Waals surface area contributed by atoms with Crippen molar-refractivity contribution in [1.29, 1.82) is 0 Å². The fourth-order valence-corrected chi connectivity index (χ4v) is 6.81. The predicted molar refractivity (Wildman–Crippen MR) is 132 cm³/mol. The molecule has 36 heavy (non-hydrogen) atoms. The van der Waals surface area contributed by atoms with Gasteiger partial charge in [-0.1, -0.05) is 32.3 Å². The Hall–Kier alpha value is -2.83. The van der Waals surface area contributed by atoms with Crippen molar-refractivity contribution in [2.45, 2.75) is 75.7 Å². The lowest BCUT2D eigenvalue weighted by atomic mass is 10.0. The Kier molecular flexibility index (Phi) is 7.76. The first kappa shape index (κ1) is 26.2.